The number of fused-ring (bicyclic) bond motifs is 1. The van der Waals surface area contributed by atoms with E-state index in [9.17, 15) is 4.79 Å². The lowest BCUT2D eigenvalue weighted by atomic mass is 10.1. The first kappa shape index (κ1) is 16.7. The average Bonchev–Trinajstić information content (AvgIpc) is 3.21. The number of nitrogens with one attached hydrogen (secondary N) is 2. The summed E-state index contributed by atoms with van der Waals surface area (Å²) in [4.78, 5) is 12.4. The van der Waals surface area contributed by atoms with Crippen LogP contribution in [0.3, 0.4) is 0 Å². The van der Waals surface area contributed by atoms with Crippen LogP contribution in [0.4, 0.5) is 10.5 Å². The highest BCUT2D eigenvalue weighted by Gasteiger charge is 2.24. The SMILES string of the molecule is Cc1ccnn1-c1cccc(NC(=O)NC2CCc3cc(Cl)ccc32)c1. The van der Waals surface area contributed by atoms with Crippen molar-refractivity contribution in [2.75, 3.05) is 5.32 Å². The van der Waals surface area contributed by atoms with E-state index in [2.05, 4.69) is 15.7 Å². The highest BCUT2D eigenvalue weighted by Crippen LogP contribution is 2.32. The number of amides is 2. The van der Waals surface area contributed by atoms with Gasteiger partial charge in [0.25, 0.3) is 0 Å². The van der Waals surface area contributed by atoms with Crippen molar-refractivity contribution >= 4 is 23.3 Å². The minimum Gasteiger partial charge on any atom is -0.331 e. The van der Waals surface area contributed by atoms with Crippen LogP contribution >= 0.6 is 11.6 Å². The summed E-state index contributed by atoms with van der Waals surface area (Å²) in [7, 11) is 0. The van der Waals surface area contributed by atoms with Crippen molar-refractivity contribution in [3.63, 3.8) is 0 Å². The second-order valence-electron chi connectivity index (χ2n) is 6.47. The van der Waals surface area contributed by atoms with Crippen molar-refractivity contribution in [3.8, 4) is 5.69 Å². The average molecular weight is 367 g/mol. The fourth-order valence-electron chi connectivity index (χ4n) is 3.42. The number of nitrogens with zero attached hydrogens (tertiary/aromatic N) is 2. The summed E-state index contributed by atoms with van der Waals surface area (Å²) in [6.45, 7) is 1.99. The highest BCUT2D eigenvalue weighted by atomic mass is 35.5. The Morgan fingerprint density at radius 3 is 2.92 bits per heavy atom. The Hall–Kier alpha value is -2.79. The predicted molar refractivity (Wildman–Crippen MR) is 103 cm³/mol. The molecule has 5 nitrogen and oxygen atoms in total. The number of anilines is 1. The molecule has 3 aromatic rings. The van der Waals surface area contributed by atoms with Crippen LogP contribution < -0.4 is 10.6 Å². The van der Waals surface area contributed by atoms with Gasteiger partial charge in [0.05, 0.1) is 11.7 Å². The molecule has 0 fully saturated rings. The third-order valence-corrected chi connectivity index (χ3v) is 4.90. The van der Waals surface area contributed by atoms with Crippen LogP contribution in [0.5, 0.6) is 0 Å². The lowest BCUT2D eigenvalue weighted by molar-refractivity contribution is 0.248. The van der Waals surface area contributed by atoms with E-state index in [1.54, 1.807) is 6.20 Å². The fourth-order valence-corrected chi connectivity index (χ4v) is 3.61. The molecule has 132 valence electrons. The third kappa shape index (κ3) is 3.30. The summed E-state index contributed by atoms with van der Waals surface area (Å²) in [6, 6.07) is 15.2. The number of halogens is 1. The second-order valence-corrected chi connectivity index (χ2v) is 6.90. The third-order valence-electron chi connectivity index (χ3n) is 4.67. The van der Waals surface area contributed by atoms with Crippen LogP contribution in [0.25, 0.3) is 5.69 Å². The molecule has 1 aliphatic carbocycles. The molecular weight excluding hydrogens is 348 g/mol. The Labute approximate surface area is 157 Å². The summed E-state index contributed by atoms with van der Waals surface area (Å²) in [5.74, 6) is 0. The maximum Gasteiger partial charge on any atom is 0.319 e. The number of hydrogen-bond acceptors (Lipinski definition) is 2. The minimum absolute atomic E-state index is 0.0128. The molecule has 0 saturated carbocycles. The van der Waals surface area contributed by atoms with Gasteiger partial charge >= 0.3 is 6.03 Å². The summed E-state index contributed by atoms with van der Waals surface area (Å²) in [6.07, 6.45) is 3.57. The second kappa shape index (κ2) is 6.84. The topological polar surface area (TPSA) is 59.0 Å². The van der Waals surface area contributed by atoms with Crippen LogP contribution in [0.1, 0.15) is 29.3 Å². The molecule has 2 N–H and O–H groups in total. The summed E-state index contributed by atoms with van der Waals surface area (Å²) in [5, 5.41) is 11.0. The number of aromatic nitrogens is 2. The summed E-state index contributed by atoms with van der Waals surface area (Å²) in [5.41, 5.74) is 5.02. The van der Waals surface area contributed by atoms with Gasteiger partial charge in [0.15, 0.2) is 0 Å². The van der Waals surface area contributed by atoms with Crippen LogP contribution in [-0.2, 0) is 6.42 Å². The van der Waals surface area contributed by atoms with Crippen molar-refractivity contribution < 1.29 is 4.79 Å². The molecule has 1 aromatic heterocycles. The van der Waals surface area contributed by atoms with E-state index in [4.69, 9.17) is 11.6 Å². The van der Waals surface area contributed by atoms with Crippen LogP contribution in [0, 0.1) is 6.92 Å². The zero-order chi connectivity index (χ0) is 18.1. The summed E-state index contributed by atoms with van der Waals surface area (Å²) < 4.78 is 1.83. The maximum absolute atomic E-state index is 12.4. The molecule has 0 aliphatic heterocycles. The molecule has 1 atom stereocenters. The van der Waals surface area contributed by atoms with Crippen molar-refractivity contribution in [1.82, 2.24) is 15.1 Å². The van der Waals surface area contributed by atoms with Gasteiger partial charge in [0, 0.05) is 22.6 Å². The summed E-state index contributed by atoms with van der Waals surface area (Å²) >= 11 is 6.05. The zero-order valence-corrected chi connectivity index (χ0v) is 15.1. The molecule has 1 unspecified atom stereocenters. The Morgan fingerprint density at radius 1 is 1.23 bits per heavy atom. The zero-order valence-electron chi connectivity index (χ0n) is 14.4. The smallest absolute Gasteiger partial charge is 0.319 e. The van der Waals surface area contributed by atoms with Gasteiger partial charge in [-0.3, -0.25) is 0 Å². The van der Waals surface area contributed by atoms with Crippen molar-refractivity contribution in [1.29, 1.82) is 0 Å². The molecule has 2 aromatic carbocycles. The lowest BCUT2D eigenvalue weighted by Crippen LogP contribution is -2.31. The first-order valence-electron chi connectivity index (χ1n) is 8.57. The minimum atomic E-state index is -0.216. The normalized spacial score (nSPS) is 15.5. The number of hydrogen-bond donors (Lipinski definition) is 2. The molecule has 2 amide bonds. The largest absolute Gasteiger partial charge is 0.331 e. The van der Waals surface area contributed by atoms with E-state index in [-0.39, 0.29) is 12.1 Å². The van der Waals surface area contributed by atoms with E-state index in [1.807, 2.05) is 60.1 Å². The van der Waals surface area contributed by atoms with Crippen LogP contribution in [-0.4, -0.2) is 15.8 Å². The van der Waals surface area contributed by atoms with Crippen molar-refractivity contribution in [2.45, 2.75) is 25.8 Å². The van der Waals surface area contributed by atoms with Gasteiger partial charge in [0.2, 0.25) is 0 Å². The molecule has 0 saturated heterocycles. The quantitative estimate of drug-likeness (QED) is 0.709. The Morgan fingerprint density at radius 2 is 2.12 bits per heavy atom. The Bertz CT molecular complexity index is 966. The van der Waals surface area contributed by atoms with Gasteiger partial charge in [-0.15, -0.1) is 0 Å². The lowest BCUT2D eigenvalue weighted by Gasteiger charge is -2.15. The van der Waals surface area contributed by atoms with Gasteiger partial charge in [-0.1, -0.05) is 23.7 Å². The van der Waals surface area contributed by atoms with Gasteiger partial charge in [-0.2, -0.15) is 5.10 Å². The standard InChI is InChI=1S/C20H19ClN4O/c1-13-9-10-22-25(13)17-4-2-3-16(12-17)23-20(26)24-19-8-5-14-11-15(21)6-7-18(14)19/h2-4,6-7,9-12,19H,5,8H2,1H3,(H2,23,24,26). The first-order valence-corrected chi connectivity index (χ1v) is 8.95. The van der Waals surface area contributed by atoms with Gasteiger partial charge in [-0.25, -0.2) is 9.48 Å². The van der Waals surface area contributed by atoms with Crippen molar-refractivity contribution in [3.05, 3.63) is 76.6 Å². The molecule has 0 spiro atoms. The molecule has 26 heavy (non-hydrogen) atoms. The molecule has 1 heterocycles. The van der Waals surface area contributed by atoms with E-state index >= 15 is 0 Å². The fraction of sp³-hybridized carbons (Fsp3) is 0.200. The molecular formula is C20H19ClN4O. The number of carbonyl (C=O) groups is 1. The number of benzene rings is 2. The van der Waals surface area contributed by atoms with E-state index in [1.165, 1.54) is 5.56 Å². The Kier molecular flexibility index (Phi) is 4.39. The van der Waals surface area contributed by atoms with Crippen molar-refractivity contribution in [2.24, 2.45) is 0 Å². The number of carbonyl (C=O) groups excluding carboxylic acids is 1. The number of aryl methyl sites for hydroxylation is 2. The van der Waals surface area contributed by atoms with Gasteiger partial charge in [0.1, 0.15) is 0 Å². The van der Waals surface area contributed by atoms with E-state index in [0.29, 0.717) is 0 Å². The molecule has 4 rings (SSSR count). The maximum atomic E-state index is 12.4. The predicted octanol–water partition coefficient (Wildman–Crippen LogP) is 4.64. The van der Waals surface area contributed by atoms with Crippen LogP contribution in [0.15, 0.2) is 54.7 Å². The molecule has 6 heteroatoms. The highest BCUT2D eigenvalue weighted by molar-refractivity contribution is 6.30. The number of rotatable bonds is 3. The molecule has 0 bridgehead atoms. The number of urea groups is 1. The molecule has 0 radical (unpaired) electrons. The van der Waals surface area contributed by atoms with E-state index < -0.39 is 0 Å². The van der Waals surface area contributed by atoms with Gasteiger partial charge in [-0.05, 0) is 67.3 Å². The van der Waals surface area contributed by atoms with Gasteiger partial charge < -0.3 is 10.6 Å². The molecule has 1 aliphatic rings. The monoisotopic (exact) mass is 366 g/mol. The first-order chi connectivity index (χ1) is 12.6. The Balaban J connectivity index is 1.46. The van der Waals surface area contributed by atoms with Crippen LogP contribution in [0.2, 0.25) is 5.02 Å². The van der Waals surface area contributed by atoms with E-state index in [0.717, 1.165) is 40.5 Å².